The van der Waals surface area contributed by atoms with Gasteiger partial charge in [0.25, 0.3) is 10.0 Å². The monoisotopic (exact) mass is 282 g/mol. The van der Waals surface area contributed by atoms with Crippen LogP contribution >= 0.6 is 0 Å². The van der Waals surface area contributed by atoms with E-state index in [1.165, 1.54) is 0 Å². The molecule has 1 saturated heterocycles. The second-order valence-electron chi connectivity index (χ2n) is 5.40. The molecule has 1 N–H and O–H groups in total. The van der Waals surface area contributed by atoms with Gasteiger partial charge in [0.2, 0.25) is 0 Å². The van der Waals surface area contributed by atoms with Crippen LogP contribution in [0.1, 0.15) is 38.7 Å². The maximum Gasteiger partial charge on any atom is 0.253 e. The molecule has 2 atom stereocenters. The number of rotatable bonds is 3. The number of hydrogen-bond acceptors (Lipinski definition) is 3. The minimum Gasteiger partial charge on any atom is -0.225 e. The van der Waals surface area contributed by atoms with E-state index in [4.69, 9.17) is 0 Å². The first kappa shape index (κ1) is 14.5. The molecule has 0 bridgehead atoms. The smallest absolute Gasteiger partial charge is 0.225 e. The van der Waals surface area contributed by atoms with Crippen molar-refractivity contribution in [2.24, 2.45) is 0 Å². The van der Waals surface area contributed by atoms with Gasteiger partial charge in [-0.3, -0.25) is 0 Å². The zero-order valence-electron chi connectivity index (χ0n) is 11.8. The van der Waals surface area contributed by atoms with Crippen LogP contribution in [0.3, 0.4) is 0 Å². The summed E-state index contributed by atoms with van der Waals surface area (Å²) in [5.74, 6) is 0. The number of sulfonamides is 1. The fourth-order valence-corrected chi connectivity index (χ4v) is 4.13. The number of nitrogens with zero attached hydrogens (tertiary/aromatic N) is 1. The predicted molar refractivity (Wildman–Crippen MR) is 76.1 cm³/mol. The molecule has 0 aliphatic carbocycles. The molecule has 1 aliphatic rings. The van der Waals surface area contributed by atoms with Crippen molar-refractivity contribution in [3.8, 4) is 0 Å². The van der Waals surface area contributed by atoms with Crippen molar-refractivity contribution in [2.45, 2.75) is 57.0 Å². The quantitative estimate of drug-likeness (QED) is 0.926. The first-order chi connectivity index (χ1) is 8.92. The third-order valence-corrected chi connectivity index (χ3v) is 5.29. The highest BCUT2D eigenvalue weighted by atomic mass is 32.2. The average molecular weight is 282 g/mol. The molecule has 1 fully saturated rings. The van der Waals surface area contributed by atoms with E-state index in [1.54, 1.807) is 12.1 Å². The molecular weight excluding hydrogens is 260 g/mol. The van der Waals surface area contributed by atoms with Gasteiger partial charge in [-0.1, -0.05) is 24.6 Å². The van der Waals surface area contributed by atoms with Gasteiger partial charge < -0.3 is 0 Å². The van der Waals surface area contributed by atoms with Crippen LogP contribution in [0.15, 0.2) is 29.2 Å². The summed E-state index contributed by atoms with van der Waals surface area (Å²) in [6.45, 7) is 5.95. The molecule has 1 aromatic carbocycles. The second kappa shape index (κ2) is 5.61. The van der Waals surface area contributed by atoms with Crippen LogP contribution in [0.5, 0.6) is 0 Å². The van der Waals surface area contributed by atoms with E-state index >= 15 is 0 Å². The first-order valence-corrected chi connectivity index (χ1v) is 8.26. The summed E-state index contributed by atoms with van der Waals surface area (Å²) in [6, 6.07) is 7.55. The van der Waals surface area contributed by atoms with E-state index in [0.29, 0.717) is 4.90 Å². The summed E-state index contributed by atoms with van der Waals surface area (Å²) in [5.41, 5.74) is 0.771. The lowest BCUT2D eigenvalue weighted by Crippen LogP contribution is -2.54. The highest BCUT2D eigenvalue weighted by Crippen LogP contribution is 2.22. The standard InChI is InChI=1S/C14H22N2O2S/c1-11-7-4-5-10-14(11)19(17,18)15-16-12(2)8-6-9-13(16)3/h4-5,7,10,12-13,15H,6,8-9H2,1-3H3. The molecule has 0 saturated carbocycles. The van der Waals surface area contributed by atoms with E-state index in [1.807, 2.05) is 24.1 Å². The molecule has 1 heterocycles. The van der Waals surface area contributed by atoms with Gasteiger partial charge in [-0.25, -0.2) is 13.4 Å². The molecule has 0 aromatic heterocycles. The zero-order valence-corrected chi connectivity index (χ0v) is 12.6. The molecule has 2 unspecified atom stereocenters. The van der Waals surface area contributed by atoms with Crippen molar-refractivity contribution in [2.75, 3.05) is 0 Å². The van der Waals surface area contributed by atoms with Crippen molar-refractivity contribution in [1.29, 1.82) is 0 Å². The Hall–Kier alpha value is -0.910. The van der Waals surface area contributed by atoms with Crippen LogP contribution in [-0.4, -0.2) is 25.5 Å². The number of benzene rings is 1. The molecule has 5 heteroatoms. The molecule has 1 aliphatic heterocycles. The maximum absolute atomic E-state index is 12.5. The SMILES string of the molecule is Cc1ccccc1S(=O)(=O)NN1C(C)CCCC1C. The maximum atomic E-state index is 12.5. The van der Waals surface area contributed by atoms with E-state index < -0.39 is 10.0 Å². The fraction of sp³-hybridized carbons (Fsp3) is 0.571. The van der Waals surface area contributed by atoms with Gasteiger partial charge in [-0.2, -0.15) is 0 Å². The Morgan fingerprint density at radius 3 is 2.32 bits per heavy atom. The van der Waals surface area contributed by atoms with Crippen molar-refractivity contribution in [3.05, 3.63) is 29.8 Å². The molecule has 106 valence electrons. The lowest BCUT2D eigenvalue weighted by molar-refractivity contribution is 0.0790. The van der Waals surface area contributed by atoms with Gasteiger partial charge in [0, 0.05) is 12.1 Å². The van der Waals surface area contributed by atoms with Crippen molar-refractivity contribution < 1.29 is 8.42 Å². The summed E-state index contributed by atoms with van der Waals surface area (Å²) in [7, 11) is -3.48. The Morgan fingerprint density at radius 2 is 1.74 bits per heavy atom. The summed E-state index contributed by atoms with van der Waals surface area (Å²) in [5, 5.41) is 1.88. The van der Waals surface area contributed by atoms with Gasteiger partial charge in [0.05, 0.1) is 4.90 Å². The zero-order chi connectivity index (χ0) is 14.0. The summed E-state index contributed by atoms with van der Waals surface area (Å²) in [4.78, 5) is 3.12. The molecule has 2 rings (SSSR count). The average Bonchev–Trinajstić information content (AvgIpc) is 2.34. The predicted octanol–water partition coefficient (Wildman–Crippen LogP) is 2.45. The molecule has 19 heavy (non-hydrogen) atoms. The number of hydrazine groups is 1. The fourth-order valence-electron chi connectivity index (χ4n) is 2.65. The Balaban J connectivity index is 2.24. The van der Waals surface area contributed by atoms with Crippen molar-refractivity contribution in [3.63, 3.8) is 0 Å². The molecule has 1 aromatic rings. The molecule has 0 radical (unpaired) electrons. The number of aryl methyl sites for hydroxylation is 1. The third kappa shape index (κ3) is 3.16. The summed E-state index contributed by atoms with van der Waals surface area (Å²) >= 11 is 0. The van der Waals surface area contributed by atoms with E-state index in [2.05, 4.69) is 18.7 Å². The van der Waals surface area contributed by atoms with Gasteiger partial charge in [-0.05, 0) is 45.2 Å². The van der Waals surface area contributed by atoms with E-state index in [-0.39, 0.29) is 12.1 Å². The third-order valence-electron chi connectivity index (χ3n) is 3.80. The molecule has 0 spiro atoms. The van der Waals surface area contributed by atoms with E-state index in [9.17, 15) is 8.42 Å². The molecule has 4 nitrogen and oxygen atoms in total. The minimum absolute atomic E-state index is 0.238. The number of nitrogens with one attached hydrogen (secondary N) is 1. The number of hydrogen-bond donors (Lipinski definition) is 1. The van der Waals surface area contributed by atoms with Gasteiger partial charge in [0.15, 0.2) is 0 Å². The summed E-state index contributed by atoms with van der Waals surface area (Å²) < 4.78 is 24.9. The van der Waals surface area contributed by atoms with Crippen LogP contribution in [0.4, 0.5) is 0 Å². The van der Waals surface area contributed by atoms with Crippen LogP contribution in [0, 0.1) is 6.92 Å². The van der Waals surface area contributed by atoms with Crippen molar-refractivity contribution >= 4 is 10.0 Å². The van der Waals surface area contributed by atoms with Crippen LogP contribution in [0.25, 0.3) is 0 Å². The lowest BCUT2D eigenvalue weighted by Gasteiger charge is -2.38. The molecular formula is C14H22N2O2S. The van der Waals surface area contributed by atoms with Gasteiger partial charge in [-0.15, -0.1) is 4.83 Å². The van der Waals surface area contributed by atoms with Crippen LogP contribution in [0.2, 0.25) is 0 Å². The Kier molecular flexibility index (Phi) is 4.28. The van der Waals surface area contributed by atoms with Crippen molar-refractivity contribution in [1.82, 2.24) is 9.84 Å². The topological polar surface area (TPSA) is 49.4 Å². The normalized spacial score (nSPS) is 25.4. The summed E-state index contributed by atoms with van der Waals surface area (Å²) in [6.07, 6.45) is 3.21. The van der Waals surface area contributed by atoms with Crippen LogP contribution in [-0.2, 0) is 10.0 Å². The Bertz CT molecular complexity index is 532. The van der Waals surface area contributed by atoms with Gasteiger partial charge in [0.1, 0.15) is 0 Å². The van der Waals surface area contributed by atoms with Gasteiger partial charge >= 0.3 is 0 Å². The highest BCUT2D eigenvalue weighted by molar-refractivity contribution is 7.89. The van der Waals surface area contributed by atoms with Crippen LogP contribution < -0.4 is 4.83 Å². The van der Waals surface area contributed by atoms with E-state index in [0.717, 1.165) is 24.8 Å². The Morgan fingerprint density at radius 1 is 1.16 bits per heavy atom. The Labute approximate surface area is 115 Å². The minimum atomic E-state index is -3.48. The lowest BCUT2D eigenvalue weighted by atomic mass is 10.0. The number of piperidine rings is 1. The second-order valence-corrected chi connectivity index (χ2v) is 7.03. The largest absolute Gasteiger partial charge is 0.253 e. The first-order valence-electron chi connectivity index (χ1n) is 6.78. The highest BCUT2D eigenvalue weighted by Gasteiger charge is 2.29. The molecule has 0 amide bonds.